The molecule has 0 aliphatic heterocycles. The molecule has 0 fully saturated rings. The van der Waals surface area contributed by atoms with Crippen molar-refractivity contribution in [2.45, 2.75) is 39.5 Å². The molecule has 6 nitrogen and oxygen atoms in total. The van der Waals surface area contributed by atoms with Gasteiger partial charge in [-0.3, -0.25) is 4.72 Å². The first kappa shape index (κ1) is 18.3. The fourth-order valence-corrected chi connectivity index (χ4v) is 3.18. The SMILES string of the molecule is CCCCS(=O)(=O)Nc1ccc(OC(=O)NC)cc1C(C)C. The Morgan fingerprint density at radius 3 is 2.55 bits per heavy atom. The molecular formula is C15H24N2O4S. The van der Waals surface area contributed by atoms with Crippen LogP contribution >= 0.6 is 0 Å². The Labute approximate surface area is 132 Å². The quantitative estimate of drug-likeness (QED) is 0.805. The summed E-state index contributed by atoms with van der Waals surface area (Å²) in [6.07, 6.45) is 0.868. The van der Waals surface area contributed by atoms with Gasteiger partial charge in [0.25, 0.3) is 0 Å². The third-order valence-electron chi connectivity index (χ3n) is 3.09. The maximum atomic E-state index is 12.0. The monoisotopic (exact) mass is 328 g/mol. The highest BCUT2D eigenvalue weighted by Crippen LogP contribution is 2.29. The first-order valence-electron chi connectivity index (χ1n) is 7.33. The third kappa shape index (κ3) is 5.55. The molecule has 22 heavy (non-hydrogen) atoms. The average Bonchev–Trinajstić information content (AvgIpc) is 2.46. The fraction of sp³-hybridized carbons (Fsp3) is 0.533. The predicted molar refractivity (Wildman–Crippen MR) is 87.9 cm³/mol. The van der Waals surface area contributed by atoms with Gasteiger partial charge in [-0.05, 0) is 36.1 Å². The number of anilines is 1. The summed E-state index contributed by atoms with van der Waals surface area (Å²) in [4.78, 5) is 11.2. The molecule has 0 radical (unpaired) electrons. The van der Waals surface area contributed by atoms with Crippen molar-refractivity contribution >= 4 is 21.8 Å². The summed E-state index contributed by atoms with van der Waals surface area (Å²) in [5.74, 6) is 0.550. The molecule has 0 spiro atoms. The lowest BCUT2D eigenvalue weighted by Crippen LogP contribution is -2.22. The summed E-state index contributed by atoms with van der Waals surface area (Å²) in [5.41, 5.74) is 1.30. The van der Waals surface area contributed by atoms with Crippen molar-refractivity contribution in [1.29, 1.82) is 0 Å². The van der Waals surface area contributed by atoms with E-state index in [0.717, 1.165) is 12.0 Å². The van der Waals surface area contributed by atoms with Crippen LogP contribution in [-0.4, -0.2) is 27.3 Å². The molecule has 1 aromatic carbocycles. The number of benzene rings is 1. The maximum Gasteiger partial charge on any atom is 0.412 e. The molecule has 0 saturated carbocycles. The molecule has 1 rings (SSSR count). The van der Waals surface area contributed by atoms with Gasteiger partial charge in [-0.15, -0.1) is 0 Å². The van der Waals surface area contributed by atoms with Crippen LogP contribution in [0, 0.1) is 0 Å². The van der Waals surface area contributed by atoms with Gasteiger partial charge < -0.3 is 10.1 Å². The zero-order chi connectivity index (χ0) is 16.8. The third-order valence-corrected chi connectivity index (χ3v) is 4.45. The second kappa shape index (κ2) is 8.03. The molecule has 0 bridgehead atoms. The summed E-state index contributed by atoms with van der Waals surface area (Å²) in [5, 5.41) is 2.37. The van der Waals surface area contributed by atoms with Crippen LogP contribution in [0.4, 0.5) is 10.5 Å². The molecule has 0 aromatic heterocycles. The molecule has 2 N–H and O–H groups in total. The Morgan fingerprint density at radius 1 is 1.32 bits per heavy atom. The van der Waals surface area contributed by atoms with Crippen molar-refractivity contribution in [3.63, 3.8) is 0 Å². The van der Waals surface area contributed by atoms with Crippen molar-refractivity contribution < 1.29 is 17.9 Å². The van der Waals surface area contributed by atoms with Gasteiger partial charge >= 0.3 is 6.09 Å². The smallest absolute Gasteiger partial charge is 0.410 e. The normalized spacial score (nSPS) is 11.3. The second-order valence-corrected chi connectivity index (χ2v) is 7.16. The van der Waals surface area contributed by atoms with Crippen LogP contribution < -0.4 is 14.8 Å². The summed E-state index contributed by atoms with van der Waals surface area (Å²) < 4.78 is 31.8. The zero-order valence-corrected chi connectivity index (χ0v) is 14.3. The lowest BCUT2D eigenvalue weighted by molar-refractivity contribution is 0.203. The minimum atomic E-state index is -3.36. The van der Waals surface area contributed by atoms with Gasteiger partial charge in [-0.1, -0.05) is 27.2 Å². The highest BCUT2D eigenvalue weighted by atomic mass is 32.2. The highest BCUT2D eigenvalue weighted by Gasteiger charge is 2.15. The minimum Gasteiger partial charge on any atom is -0.410 e. The molecule has 7 heteroatoms. The van der Waals surface area contributed by atoms with Gasteiger partial charge in [0, 0.05) is 7.05 Å². The van der Waals surface area contributed by atoms with Crippen molar-refractivity contribution in [2.75, 3.05) is 17.5 Å². The molecule has 0 aliphatic rings. The van der Waals surface area contributed by atoms with Crippen LogP contribution in [0.15, 0.2) is 18.2 Å². The average molecular weight is 328 g/mol. The van der Waals surface area contributed by atoms with Gasteiger partial charge in [-0.2, -0.15) is 0 Å². The minimum absolute atomic E-state index is 0.0807. The summed E-state index contributed by atoms with van der Waals surface area (Å²) in [6.45, 7) is 5.84. The van der Waals surface area contributed by atoms with Crippen LogP contribution in [0.1, 0.15) is 45.1 Å². The first-order chi connectivity index (χ1) is 10.3. The number of unbranched alkanes of at least 4 members (excludes halogenated alkanes) is 1. The van der Waals surface area contributed by atoms with Crippen molar-refractivity contribution in [2.24, 2.45) is 0 Å². The summed E-state index contributed by atoms with van der Waals surface area (Å²) >= 11 is 0. The van der Waals surface area contributed by atoms with Gasteiger partial charge in [0.05, 0.1) is 11.4 Å². The Morgan fingerprint density at radius 2 is 2.00 bits per heavy atom. The molecule has 0 aliphatic carbocycles. The van der Waals surface area contributed by atoms with Gasteiger partial charge in [-0.25, -0.2) is 13.2 Å². The number of sulfonamides is 1. The van der Waals surface area contributed by atoms with Crippen molar-refractivity contribution in [1.82, 2.24) is 5.32 Å². The van der Waals surface area contributed by atoms with E-state index < -0.39 is 16.1 Å². The number of ether oxygens (including phenoxy) is 1. The number of carbonyl (C=O) groups excluding carboxylic acids is 1. The number of rotatable bonds is 7. The number of amides is 1. The Bertz CT molecular complexity index is 612. The molecule has 0 atom stereocenters. The Kier molecular flexibility index (Phi) is 6.67. The standard InChI is InChI=1S/C15H24N2O4S/c1-5-6-9-22(19,20)17-14-8-7-12(21-15(18)16-4)10-13(14)11(2)3/h7-8,10-11,17H,5-6,9H2,1-4H3,(H,16,18). The second-order valence-electron chi connectivity index (χ2n) is 5.32. The lowest BCUT2D eigenvalue weighted by Gasteiger charge is -2.16. The van der Waals surface area contributed by atoms with E-state index in [4.69, 9.17) is 4.74 Å². The molecule has 0 heterocycles. The van der Waals surface area contributed by atoms with Crippen molar-refractivity contribution in [3.05, 3.63) is 23.8 Å². The summed E-state index contributed by atoms with van der Waals surface area (Å²) in [7, 11) is -1.89. The number of nitrogens with one attached hydrogen (secondary N) is 2. The fourth-order valence-electron chi connectivity index (χ4n) is 1.89. The lowest BCUT2D eigenvalue weighted by atomic mass is 10.0. The van der Waals surface area contributed by atoms with Crippen LogP contribution in [0.5, 0.6) is 5.75 Å². The van der Waals surface area contributed by atoms with E-state index in [1.54, 1.807) is 18.2 Å². The van der Waals surface area contributed by atoms with Crippen LogP contribution in [-0.2, 0) is 10.0 Å². The van der Waals surface area contributed by atoms with Crippen LogP contribution in [0.25, 0.3) is 0 Å². The number of carbonyl (C=O) groups is 1. The van der Waals surface area contributed by atoms with E-state index in [9.17, 15) is 13.2 Å². The number of hydrogen-bond acceptors (Lipinski definition) is 4. The van der Waals surface area contributed by atoms with E-state index >= 15 is 0 Å². The van der Waals surface area contributed by atoms with Crippen molar-refractivity contribution in [3.8, 4) is 5.75 Å². The largest absolute Gasteiger partial charge is 0.412 e. The number of hydrogen-bond donors (Lipinski definition) is 2. The predicted octanol–water partition coefficient (Wildman–Crippen LogP) is 3.07. The van der Waals surface area contributed by atoms with E-state index in [1.807, 2.05) is 20.8 Å². The van der Waals surface area contributed by atoms with Gasteiger partial charge in [0.15, 0.2) is 0 Å². The topological polar surface area (TPSA) is 84.5 Å². The van der Waals surface area contributed by atoms with Crippen LogP contribution in [0.2, 0.25) is 0 Å². The van der Waals surface area contributed by atoms with Gasteiger partial charge in [0.2, 0.25) is 10.0 Å². The zero-order valence-electron chi connectivity index (χ0n) is 13.5. The Balaban J connectivity index is 3.02. The van der Waals surface area contributed by atoms with E-state index in [0.29, 0.717) is 17.9 Å². The molecule has 124 valence electrons. The van der Waals surface area contributed by atoms with Gasteiger partial charge in [0.1, 0.15) is 5.75 Å². The molecule has 1 amide bonds. The van der Waals surface area contributed by atoms with Crippen LogP contribution in [0.3, 0.4) is 0 Å². The molecule has 0 saturated heterocycles. The summed E-state index contributed by atoms with van der Waals surface area (Å²) in [6, 6.07) is 4.87. The van der Waals surface area contributed by atoms with E-state index in [1.165, 1.54) is 7.05 Å². The molecule has 0 unspecified atom stereocenters. The van der Waals surface area contributed by atoms with E-state index in [2.05, 4.69) is 10.0 Å². The Hall–Kier alpha value is -1.76. The first-order valence-corrected chi connectivity index (χ1v) is 8.98. The highest BCUT2D eigenvalue weighted by molar-refractivity contribution is 7.92. The van der Waals surface area contributed by atoms with E-state index in [-0.39, 0.29) is 11.7 Å². The molecule has 1 aromatic rings. The molecular weight excluding hydrogens is 304 g/mol. The maximum absolute atomic E-state index is 12.0.